The number of halogens is 1. The minimum Gasteiger partial charge on any atom is -0.383 e. The third kappa shape index (κ3) is 9.39. The maximum atomic E-state index is 12.6. The van der Waals surface area contributed by atoms with Gasteiger partial charge in [0.2, 0.25) is 5.95 Å². The number of benzene rings is 1. The molecule has 182 valence electrons. The van der Waals surface area contributed by atoms with Gasteiger partial charge < -0.3 is 16.8 Å². The lowest BCUT2D eigenvalue weighted by Gasteiger charge is -2.22. The molecule has 34 heavy (non-hydrogen) atoms. The van der Waals surface area contributed by atoms with Gasteiger partial charge in [0, 0.05) is 54.8 Å². The molecular formula is C27H37FN6. The van der Waals surface area contributed by atoms with Crippen molar-refractivity contribution in [2.24, 2.45) is 16.5 Å². The number of nitrogens with one attached hydrogen (secondary N) is 1. The van der Waals surface area contributed by atoms with Crippen molar-refractivity contribution in [2.45, 2.75) is 44.4 Å². The van der Waals surface area contributed by atoms with E-state index in [4.69, 9.17) is 11.5 Å². The van der Waals surface area contributed by atoms with Crippen LogP contribution < -0.4 is 16.8 Å². The lowest BCUT2D eigenvalue weighted by atomic mass is 10.1. The third-order valence-corrected chi connectivity index (χ3v) is 5.53. The van der Waals surface area contributed by atoms with E-state index in [0.29, 0.717) is 6.04 Å². The van der Waals surface area contributed by atoms with Crippen LogP contribution in [-0.2, 0) is 6.54 Å². The minimum atomic E-state index is -0.784. The van der Waals surface area contributed by atoms with Crippen LogP contribution in [0.15, 0.2) is 90.9 Å². The molecule has 3 heterocycles. The van der Waals surface area contributed by atoms with Crippen molar-refractivity contribution in [3.63, 3.8) is 0 Å². The molecule has 1 aromatic carbocycles. The molecule has 0 aliphatic carbocycles. The van der Waals surface area contributed by atoms with Crippen LogP contribution in [0.5, 0.6) is 0 Å². The molecule has 1 unspecified atom stereocenters. The Hall–Kier alpha value is -3.13. The fraction of sp³-hybridized carbons (Fsp3) is 0.333. The number of hydrogen-bond donors (Lipinski definition) is 3. The molecule has 2 aliphatic rings. The first-order valence-electron chi connectivity index (χ1n) is 11.5. The molecule has 6 nitrogen and oxygen atoms in total. The van der Waals surface area contributed by atoms with Gasteiger partial charge in [-0.25, -0.2) is 4.98 Å². The summed E-state index contributed by atoms with van der Waals surface area (Å²) in [7, 11) is 2.17. The summed E-state index contributed by atoms with van der Waals surface area (Å²) in [4.78, 5) is 9.84. The highest BCUT2D eigenvalue weighted by Gasteiger charge is 2.22. The van der Waals surface area contributed by atoms with Gasteiger partial charge in [-0.15, -0.1) is 6.58 Å². The maximum absolute atomic E-state index is 12.6. The summed E-state index contributed by atoms with van der Waals surface area (Å²) in [6, 6.07) is 14.1. The smallest absolute Gasteiger partial charge is 0.218 e. The molecule has 1 fully saturated rings. The van der Waals surface area contributed by atoms with Gasteiger partial charge >= 0.3 is 0 Å². The third-order valence-electron chi connectivity index (χ3n) is 5.53. The van der Waals surface area contributed by atoms with Gasteiger partial charge in [-0.05, 0) is 38.1 Å². The Morgan fingerprint density at radius 2 is 2.03 bits per heavy atom. The van der Waals surface area contributed by atoms with Crippen molar-refractivity contribution in [1.82, 2.24) is 15.2 Å². The fourth-order valence-electron chi connectivity index (χ4n) is 3.63. The lowest BCUT2D eigenvalue weighted by molar-refractivity contribution is 0.334. The van der Waals surface area contributed by atoms with Gasteiger partial charge in [0.05, 0.1) is 6.17 Å². The zero-order valence-electron chi connectivity index (χ0n) is 20.0. The van der Waals surface area contributed by atoms with E-state index in [9.17, 15) is 4.39 Å². The van der Waals surface area contributed by atoms with E-state index in [0.717, 1.165) is 25.1 Å². The standard InChI is InChI=1S/C14H20N2.C7H9N.C6H8FN3/c1-12(14-9-6-10-16(14)2)15-11-13-7-4-3-5-8-13;1-2-4-7-5-3-6-8-7;7-5-4(6(8)9)2-1-3-10-5/h3-5,7-8,14-15H,1,6,9-11H2,2H3;2-3,6H,1,4-5H2;1-3,6H,8-9H2. The molecule has 0 bridgehead atoms. The molecule has 0 spiro atoms. The molecular weight excluding hydrogens is 427 g/mol. The van der Waals surface area contributed by atoms with Crippen LogP contribution in [0.4, 0.5) is 4.39 Å². The molecule has 1 atom stereocenters. The minimum absolute atomic E-state index is 0.238. The molecule has 2 aliphatic heterocycles. The average molecular weight is 465 g/mol. The van der Waals surface area contributed by atoms with Crippen molar-refractivity contribution in [3.8, 4) is 0 Å². The highest BCUT2D eigenvalue weighted by molar-refractivity contribution is 5.89. The monoisotopic (exact) mass is 464 g/mol. The van der Waals surface area contributed by atoms with E-state index < -0.39 is 12.1 Å². The van der Waals surface area contributed by atoms with Crippen LogP contribution in [0.25, 0.3) is 0 Å². The van der Waals surface area contributed by atoms with Crippen molar-refractivity contribution in [1.29, 1.82) is 0 Å². The van der Waals surface area contributed by atoms with Gasteiger partial charge in [0.25, 0.3) is 0 Å². The second-order valence-corrected chi connectivity index (χ2v) is 8.19. The summed E-state index contributed by atoms with van der Waals surface area (Å²) in [5.41, 5.74) is 14.4. The predicted molar refractivity (Wildman–Crippen MR) is 139 cm³/mol. The van der Waals surface area contributed by atoms with Crippen LogP contribution in [-0.4, -0.2) is 35.2 Å². The van der Waals surface area contributed by atoms with Gasteiger partial charge in [-0.1, -0.05) is 55.1 Å². The normalized spacial score (nSPS) is 16.7. The van der Waals surface area contributed by atoms with Crippen molar-refractivity contribution >= 4 is 5.71 Å². The number of hydrogen-bond acceptors (Lipinski definition) is 6. The summed E-state index contributed by atoms with van der Waals surface area (Å²) in [6.07, 6.45) is 10.8. The molecule has 0 amide bonds. The first kappa shape index (κ1) is 27.1. The molecule has 0 radical (unpaired) electrons. The topological polar surface area (TPSA) is 92.6 Å². The van der Waals surface area contributed by atoms with E-state index in [1.807, 2.05) is 18.3 Å². The maximum Gasteiger partial charge on any atom is 0.218 e. The van der Waals surface area contributed by atoms with Gasteiger partial charge in [0.1, 0.15) is 0 Å². The number of likely N-dealkylation sites (N-methyl/N-ethyl adjacent to an activating group) is 1. The molecule has 1 saturated heterocycles. The van der Waals surface area contributed by atoms with E-state index >= 15 is 0 Å². The van der Waals surface area contributed by atoms with Crippen LogP contribution in [0, 0.1) is 5.95 Å². The Balaban J connectivity index is 0.000000195. The first-order chi connectivity index (χ1) is 16.4. The Kier molecular flexibility index (Phi) is 11.9. The van der Waals surface area contributed by atoms with E-state index in [1.165, 1.54) is 42.9 Å². The van der Waals surface area contributed by atoms with Gasteiger partial charge in [-0.3, -0.25) is 9.89 Å². The van der Waals surface area contributed by atoms with Crippen LogP contribution in [0.1, 0.15) is 43.0 Å². The van der Waals surface area contributed by atoms with Gasteiger partial charge in [0.15, 0.2) is 0 Å². The summed E-state index contributed by atoms with van der Waals surface area (Å²) >= 11 is 0. The number of allylic oxidation sites excluding steroid dienone is 2. The highest BCUT2D eigenvalue weighted by atomic mass is 19.1. The molecule has 4 rings (SSSR count). The summed E-state index contributed by atoms with van der Waals surface area (Å²) in [5.74, 6) is -0.600. The number of likely N-dealkylation sites (tertiary alicyclic amines) is 1. The van der Waals surface area contributed by atoms with E-state index in [2.05, 4.69) is 70.7 Å². The average Bonchev–Trinajstić information content (AvgIpc) is 3.51. The predicted octanol–water partition coefficient (Wildman–Crippen LogP) is 4.44. The Labute approximate surface area is 203 Å². The summed E-state index contributed by atoms with van der Waals surface area (Å²) in [5, 5.41) is 3.44. The Morgan fingerprint density at radius 1 is 1.26 bits per heavy atom. The largest absolute Gasteiger partial charge is 0.383 e. The quantitative estimate of drug-likeness (QED) is 0.320. The van der Waals surface area contributed by atoms with E-state index in [1.54, 1.807) is 6.07 Å². The van der Waals surface area contributed by atoms with Gasteiger partial charge in [-0.2, -0.15) is 4.39 Å². The van der Waals surface area contributed by atoms with E-state index in [-0.39, 0.29) is 5.56 Å². The zero-order chi connectivity index (χ0) is 24.8. The number of nitrogens with zero attached hydrogens (tertiary/aromatic N) is 3. The van der Waals surface area contributed by atoms with Crippen LogP contribution >= 0.6 is 0 Å². The zero-order valence-corrected chi connectivity index (χ0v) is 20.0. The molecule has 1 aromatic heterocycles. The second kappa shape index (κ2) is 14.9. The molecule has 5 N–H and O–H groups in total. The van der Waals surface area contributed by atoms with Crippen LogP contribution in [0.2, 0.25) is 0 Å². The second-order valence-electron chi connectivity index (χ2n) is 8.19. The Morgan fingerprint density at radius 3 is 2.56 bits per heavy atom. The SMILES string of the molecule is C=C(NCc1ccccc1)C1CCCN1C.C=CCC1=NC=CC1.NC(N)c1cccnc1F. The number of pyridine rings is 1. The number of aliphatic imine (C=N–C) groups is 1. The van der Waals surface area contributed by atoms with Crippen molar-refractivity contribution in [3.05, 3.63) is 103 Å². The van der Waals surface area contributed by atoms with Crippen molar-refractivity contribution < 1.29 is 4.39 Å². The lowest BCUT2D eigenvalue weighted by Crippen LogP contribution is -2.32. The number of aromatic nitrogens is 1. The fourth-order valence-corrected chi connectivity index (χ4v) is 3.63. The Bertz CT molecular complexity index is 955. The summed E-state index contributed by atoms with van der Waals surface area (Å²) < 4.78 is 12.6. The highest BCUT2D eigenvalue weighted by Crippen LogP contribution is 2.19. The number of nitrogens with two attached hydrogens (primary N) is 2. The number of rotatable bonds is 7. The van der Waals surface area contributed by atoms with Crippen LogP contribution in [0.3, 0.4) is 0 Å². The molecule has 0 saturated carbocycles. The first-order valence-corrected chi connectivity index (χ1v) is 11.5. The molecule has 7 heteroatoms. The molecule has 2 aromatic rings. The van der Waals surface area contributed by atoms with Crippen molar-refractivity contribution in [2.75, 3.05) is 13.6 Å². The summed E-state index contributed by atoms with van der Waals surface area (Å²) in [6.45, 7) is 9.84.